The highest BCUT2D eigenvalue weighted by molar-refractivity contribution is 5.75. The molecule has 2 rings (SSSR count). The summed E-state index contributed by atoms with van der Waals surface area (Å²) in [7, 11) is 0. The first-order chi connectivity index (χ1) is 11.2. The molecule has 0 aliphatic rings. The predicted molar refractivity (Wildman–Crippen MR) is 82.1 cm³/mol. The summed E-state index contributed by atoms with van der Waals surface area (Å²) in [6.45, 7) is 4.22. The van der Waals surface area contributed by atoms with Crippen molar-refractivity contribution in [1.82, 2.24) is 20.1 Å². The van der Waals surface area contributed by atoms with Gasteiger partial charge in [-0.05, 0) is 11.6 Å². The maximum absolute atomic E-state index is 12.8. The second-order valence-corrected chi connectivity index (χ2v) is 6.15. The van der Waals surface area contributed by atoms with Gasteiger partial charge in [0.25, 0.3) is 0 Å². The van der Waals surface area contributed by atoms with Gasteiger partial charge in [0.2, 0.25) is 5.91 Å². The van der Waals surface area contributed by atoms with E-state index in [1.807, 2.05) is 0 Å². The third-order valence-corrected chi connectivity index (χ3v) is 3.73. The Bertz CT molecular complexity index is 681. The maximum Gasteiger partial charge on any atom is 0.416 e. The molecule has 0 radical (unpaired) electrons. The smallest absolute Gasteiger partial charge is 0.355 e. The van der Waals surface area contributed by atoms with Gasteiger partial charge in [-0.15, -0.1) is 0 Å². The zero-order valence-corrected chi connectivity index (χ0v) is 13.5. The van der Waals surface area contributed by atoms with Crippen LogP contribution in [0.25, 0.3) is 0 Å². The summed E-state index contributed by atoms with van der Waals surface area (Å²) < 4.78 is 40.0. The highest BCUT2D eigenvalue weighted by Gasteiger charge is 2.32. The molecule has 1 aromatic carbocycles. The van der Waals surface area contributed by atoms with Crippen LogP contribution in [0.2, 0.25) is 0 Å². The summed E-state index contributed by atoms with van der Waals surface area (Å²) in [5.41, 5.74) is -0.788. The van der Waals surface area contributed by atoms with E-state index in [2.05, 4.69) is 15.4 Å². The number of halogens is 3. The normalized spacial score (nSPS) is 12.2. The van der Waals surface area contributed by atoms with Crippen LogP contribution >= 0.6 is 0 Å². The van der Waals surface area contributed by atoms with Crippen molar-refractivity contribution in [3.05, 3.63) is 48.0 Å². The first kappa shape index (κ1) is 18.0. The van der Waals surface area contributed by atoms with E-state index in [0.29, 0.717) is 12.1 Å². The second kappa shape index (κ2) is 7.02. The first-order valence-corrected chi connectivity index (χ1v) is 7.45. The first-order valence-electron chi connectivity index (χ1n) is 7.45. The number of hydrogen-bond acceptors (Lipinski definition) is 3. The highest BCUT2D eigenvalue weighted by atomic mass is 19.4. The third-order valence-electron chi connectivity index (χ3n) is 3.73. The van der Waals surface area contributed by atoms with Gasteiger partial charge in [-0.3, -0.25) is 9.48 Å². The number of carbonyl (C=O) groups is 1. The van der Waals surface area contributed by atoms with Crippen LogP contribution in [-0.4, -0.2) is 27.2 Å². The Morgan fingerprint density at radius 2 is 1.96 bits per heavy atom. The molecule has 0 atom stereocenters. The van der Waals surface area contributed by atoms with Gasteiger partial charge in [0.15, 0.2) is 0 Å². The van der Waals surface area contributed by atoms with E-state index < -0.39 is 17.2 Å². The molecule has 0 aliphatic heterocycles. The minimum Gasteiger partial charge on any atom is -0.355 e. The van der Waals surface area contributed by atoms with Gasteiger partial charge in [0, 0.05) is 18.4 Å². The Kier molecular flexibility index (Phi) is 5.26. The summed E-state index contributed by atoms with van der Waals surface area (Å²) in [5.74, 6) is -0.189. The van der Waals surface area contributed by atoms with Crippen molar-refractivity contribution < 1.29 is 18.0 Å². The predicted octanol–water partition coefficient (Wildman–Crippen LogP) is 2.78. The number of amides is 1. The van der Waals surface area contributed by atoms with E-state index in [1.54, 1.807) is 19.9 Å². The van der Waals surface area contributed by atoms with Crippen molar-refractivity contribution in [2.75, 3.05) is 6.54 Å². The highest BCUT2D eigenvalue weighted by Crippen LogP contribution is 2.32. The summed E-state index contributed by atoms with van der Waals surface area (Å²) in [5, 5.41) is 6.66. The Balaban J connectivity index is 1.94. The fraction of sp³-hybridized carbons (Fsp3) is 0.438. The number of hydrogen-bond donors (Lipinski definition) is 1. The quantitative estimate of drug-likeness (QED) is 0.880. The molecule has 0 fully saturated rings. The zero-order valence-electron chi connectivity index (χ0n) is 13.5. The Labute approximate surface area is 137 Å². The molecule has 1 heterocycles. The topological polar surface area (TPSA) is 59.8 Å². The number of aromatic nitrogens is 3. The molecule has 5 nitrogen and oxygen atoms in total. The van der Waals surface area contributed by atoms with Crippen LogP contribution in [0.15, 0.2) is 36.9 Å². The molecule has 1 aromatic heterocycles. The van der Waals surface area contributed by atoms with Crippen LogP contribution in [0.5, 0.6) is 0 Å². The molecule has 0 saturated carbocycles. The molecular weight excluding hydrogens is 321 g/mol. The van der Waals surface area contributed by atoms with Crippen molar-refractivity contribution in [3.63, 3.8) is 0 Å². The van der Waals surface area contributed by atoms with Crippen LogP contribution in [-0.2, 0) is 22.9 Å². The van der Waals surface area contributed by atoms with Crippen LogP contribution in [0.1, 0.15) is 31.4 Å². The zero-order chi connectivity index (χ0) is 17.8. The van der Waals surface area contributed by atoms with Gasteiger partial charge in [-0.1, -0.05) is 32.0 Å². The van der Waals surface area contributed by atoms with Crippen LogP contribution in [0, 0.1) is 0 Å². The standard InChI is InChI=1S/C16H19F3N4O/c1-15(2,12-4-3-5-13(8-12)16(17,18)19)9-21-14(24)6-7-23-11-20-10-22-23/h3-5,8,10-11H,6-7,9H2,1-2H3,(H,21,24). The Morgan fingerprint density at radius 3 is 2.58 bits per heavy atom. The lowest BCUT2D eigenvalue weighted by Crippen LogP contribution is -2.37. The minimum atomic E-state index is -4.38. The SMILES string of the molecule is CC(C)(CNC(=O)CCn1cncn1)c1cccc(C(F)(F)F)c1. The lowest BCUT2D eigenvalue weighted by molar-refractivity contribution is -0.137. The van der Waals surface area contributed by atoms with E-state index in [0.717, 1.165) is 12.1 Å². The van der Waals surface area contributed by atoms with E-state index in [9.17, 15) is 18.0 Å². The van der Waals surface area contributed by atoms with Gasteiger partial charge in [0.05, 0.1) is 12.1 Å². The molecule has 1 amide bonds. The molecule has 2 aromatic rings. The number of benzene rings is 1. The monoisotopic (exact) mass is 340 g/mol. The fourth-order valence-corrected chi connectivity index (χ4v) is 2.19. The summed E-state index contributed by atoms with van der Waals surface area (Å²) in [6, 6.07) is 5.18. The van der Waals surface area contributed by atoms with Gasteiger partial charge >= 0.3 is 6.18 Å². The Morgan fingerprint density at radius 1 is 1.25 bits per heavy atom. The number of nitrogens with zero attached hydrogens (tertiary/aromatic N) is 3. The van der Waals surface area contributed by atoms with Gasteiger partial charge in [-0.2, -0.15) is 18.3 Å². The lowest BCUT2D eigenvalue weighted by Gasteiger charge is -2.26. The van der Waals surface area contributed by atoms with Crippen molar-refractivity contribution in [2.24, 2.45) is 0 Å². The summed E-state index contributed by atoms with van der Waals surface area (Å²) >= 11 is 0. The molecule has 0 unspecified atom stereocenters. The van der Waals surface area contributed by atoms with Crippen LogP contribution < -0.4 is 5.32 Å². The number of aryl methyl sites for hydroxylation is 1. The number of rotatable bonds is 6. The van der Waals surface area contributed by atoms with E-state index in [4.69, 9.17) is 0 Å². The molecular formula is C16H19F3N4O. The number of carbonyl (C=O) groups excluding carboxylic acids is 1. The molecule has 0 aliphatic carbocycles. The van der Waals surface area contributed by atoms with Gasteiger partial charge < -0.3 is 5.32 Å². The van der Waals surface area contributed by atoms with Crippen LogP contribution in [0.4, 0.5) is 13.2 Å². The minimum absolute atomic E-state index is 0.189. The van der Waals surface area contributed by atoms with Gasteiger partial charge in [-0.25, -0.2) is 4.98 Å². The van der Waals surface area contributed by atoms with E-state index >= 15 is 0 Å². The second-order valence-electron chi connectivity index (χ2n) is 6.15. The number of alkyl halides is 3. The van der Waals surface area contributed by atoms with E-state index in [-0.39, 0.29) is 18.9 Å². The summed E-state index contributed by atoms with van der Waals surface area (Å²) in [4.78, 5) is 15.7. The average Bonchev–Trinajstić information content (AvgIpc) is 3.04. The molecule has 0 spiro atoms. The van der Waals surface area contributed by atoms with Crippen molar-refractivity contribution in [1.29, 1.82) is 0 Å². The van der Waals surface area contributed by atoms with E-state index in [1.165, 1.54) is 23.4 Å². The molecule has 24 heavy (non-hydrogen) atoms. The molecule has 0 saturated heterocycles. The Hall–Kier alpha value is -2.38. The summed E-state index contributed by atoms with van der Waals surface area (Å²) in [6.07, 6.45) is -1.26. The molecule has 0 bridgehead atoms. The van der Waals surface area contributed by atoms with Crippen molar-refractivity contribution in [3.8, 4) is 0 Å². The largest absolute Gasteiger partial charge is 0.416 e. The lowest BCUT2D eigenvalue weighted by atomic mass is 9.83. The maximum atomic E-state index is 12.8. The van der Waals surface area contributed by atoms with Crippen LogP contribution in [0.3, 0.4) is 0 Å². The average molecular weight is 340 g/mol. The van der Waals surface area contributed by atoms with Crippen molar-refractivity contribution in [2.45, 2.75) is 38.4 Å². The third kappa shape index (κ3) is 4.81. The fourth-order valence-electron chi connectivity index (χ4n) is 2.19. The van der Waals surface area contributed by atoms with Crippen molar-refractivity contribution >= 4 is 5.91 Å². The molecule has 1 N–H and O–H groups in total. The van der Waals surface area contributed by atoms with Gasteiger partial charge in [0.1, 0.15) is 12.7 Å². The molecule has 130 valence electrons. The molecule has 8 heteroatoms. The number of nitrogens with one attached hydrogen (secondary N) is 1.